The largest absolute Gasteiger partial charge is 0.481 e. The van der Waals surface area contributed by atoms with Crippen molar-refractivity contribution < 1.29 is 18.7 Å². The molecule has 3 N–H and O–H groups in total. The van der Waals surface area contributed by atoms with Gasteiger partial charge >= 0.3 is 0 Å². The first-order chi connectivity index (χ1) is 8.93. The Morgan fingerprint density at radius 1 is 1.53 bits per heavy atom. The molecule has 0 spiro atoms. The second-order valence-corrected chi connectivity index (χ2v) is 4.35. The fraction of sp³-hybridized carbons (Fsp3) is 0.462. The highest BCUT2D eigenvalue weighted by molar-refractivity contribution is 5.77. The van der Waals surface area contributed by atoms with E-state index in [0.29, 0.717) is 17.9 Å². The maximum Gasteiger partial charge on any atom is 0.258 e. The number of amides is 1. The highest BCUT2D eigenvalue weighted by Crippen LogP contribution is 2.23. The highest BCUT2D eigenvalue weighted by Gasteiger charge is 2.11. The van der Waals surface area contributed by atoms with Gasteiger partial charge in [0.1, 0.15) is 0 Å². The average Bonchev–Trinajstić information content (AvgIpc) is 2.32. The zero-order valence-electron chi connectivity index (χ0n) is 11.3. The maximum atomic E-state index is 13.5. The summed E-state index contributed by atoms with van der Waals surface area (Å²) in [7, 11) is 1.55. The number of hydrogen-bond acceptors (Lipinski definition) is 4. The molecule has 1 amide bonds. The smallest absolute Gasteiger partial charge is 0.258 e. The van der Waals surface area contributed by atoms with Crippen LogP contribution in [0.1, 0.15) is 12.5 Å². The van der Waals surface area contributed by atoms with Crippen LogP contribution in [0.25, 0.3) is 0 Å². The van der Waals surface area contributed by atoms with Gasteiger partial charge in [-0.3, -0.25) is 4.79 Å². The number of methoxy groups -OCH3 is 1. The first-order valence-corrected chi connectivity index (χ1v) is 5.90. The van der Waals surface area contributed by atoms with Crippen LogP contribution < -0.4 is 15.8 Å². The lowest BCUT2D eigenvalue weighted by molar-refractivity contribution is -0.124. The molecular weight excluding hydrogens is 251 g/mol. The van der Waals surface area contributed by atoms with E-state index in [4.69, 9.17) is 15.2 Å². The van der Waals surface area contributed by atoms with Crippen molar-refractivity contribution in [3.05, 3.63) is 23.5 Å². The van der Waals surface area contributed by atoms with Crippen LogP contribution >= 0.6 is 0 Å². The quantitative estimate of drug-likeness (QED) is 0.763. The highest BCUT2D eigenvalue weighted by atomic mass is 19.1. The van der Waals surface area contributed by atoms with Crippen molar-refractivity contribution in [1.82, 2.24) is 5.32 Å². The van der Waals surface area contributed by atoms with Gasteiger partial charge in [-0.1, -0.05) is 0 Å². The Kier molecular flexibility index (Phi) is 5.57. The van der Waals surface area contributed by atoms with Crippen LogP contribution in [0, 0.1) is 12.7 Å². The monoisotopic (exact) mass is 270 g/mol. The third-order valence-corrected chi connectivity index (χ3v) is 2.50. The Balaban J connectivity index is 2.53. The van der Waals surface area contributed by atoms with E-state index >= 15 is 0 Å². The number of rotatable bonds is 6. The average molecular weight is 270 g/mol. The standard InChI is InChI=1S/C13H19FN2O3/c1-8-4-12(10(14)5-11(8)15)19-7-13(17)16-9(2)6-18-3/h4-5,9H,6-7,15H2,1-3H3,(H,16,17). The summed E-state index contributed by atoms with van der Waals surface area (Å²) in [6.45, 7) is 3.69. The SMILES string of the molecule is COCC(C)NC(=O)COc1cc(C)c(N)cc1F. The van der Waals surface area contributed by atoms with E-state index in [1.165, 1.54) is 12.1 Å². The molecule has 1 aromatic carbocycles. The van der Waals surface area contributed by atoms with Gasteiger partial charge in [-0.15, -0.1) is 0 Å². The number of hydrogen-bond donors (Lipinski definition) is 2. The number of carbonyl (C=O) groups is 1. The molecule has 1 rings (SSSR count). The van der Waals surface area contributed by atoms with Crippen LogP contribution in [0.4, 0.5) is 10.1 Å². The first-order valence-electron chi connectivity index (χ1n) is 5.90. The Morgan fingerprint density at radius 2 is 2.21 bits per heavy atom. The molecule has 0 saturated carbocycles. The lowest BCUT2D eigenvalue weighted by atomic mass is 10.2. The minimum Gasteiger partial charge on any atom is -0.481 e. The van der Waals surface area contributed by atoms with E-state index in [2.05, 4.69) is 5.32 Å². The van der Waals surface area contributed by atoms with Crippen molar-refractivity contribution in [3.63, 3.8) is 0 Å². The van der Waals surface area contributed by atoms with E-state index in [1.54, 1.807) is 21.0 Å². The van der Waals surface area contributed by atoms with Gasteiger partial charge in [-0.25, -0.2) is 4.39 Å². The molecule has 1 aromatic rings. The lowest BCUT2D eigenvalue weighted by Crippen LogP contribution is -2.38. The molecule has 5 nitrogen and oxygen atoms in total. The van der Waals surface area contributed by atoms with Crippen LogP contribution in [0.2, 0.25) is 0 Å². The van der Waals surface area contributed by atoms with Gasteiger partial charge in [-0.05, 0) is 25.5 Å². The molecule has 0 radical (unpaired) electrons. The molecule has 19 heavy (non-hydrogen) atoms. The molecule has 0 aromatic heterocycles. The number of aryl methyl sites for hydroxylation is 1. The minimum atomic E-state index is -0.583. The molecule has 1 atom stereocenters. The van der Waals surface area contributed by atoms with Gasteiger partial charge in [0.25, 0.3) is 5.91 Å². The molecule has 6 heteroatoms. The molecular formula is C13H19FN2O3. The van der Waals surface area contributed by atoms with E-state index in [0.717, 1.165) is 0 Å². The van der Waals surface area contributed by atoms with Gasteiger partial charge in [0, 0.05) is 24.9 Å². The van der Waals surface area contributed by atoms with E-state index < -0.39 is 5.82 Å². The Morgan fingerprint density at radius 3 is 2.84 bits per heavy atom. The molecule has 1 unspecified atom stereocenters. The van der Waals surface area contributed by atoms with Crippen LogP contribution in [0.15, 0.2) is 12.1 Å². The molecule has 106 valence electrons. The third-order valence-electron chi connectivity index (χ3n) is 2.50. The van der Waals surface area contributed by atoms with E-state index in [-0.39, 0.29) is 24.3 Å². The number of anilines is 1. The second kappa shape index (κ2) is 6.94. The molecule has 0 saturated heterocycles. The Hall–Kier alpha value is -1.82. The van der Waals surface area contributed by atoms with Crippen molar-refractivity contribution >= 4 is 11.6 Å². The van der Waals surface area contributed by atoms with Gasteiger partial charge in [0.15, 0.2) is 18.2 Å². The molecule has 0 aliphatic carbocycles. The topological polar surface area (TPSA) is 73.6 Å². The van der Waals surface area contributed by atoms with Crippen molar-refractivity contribution in [3.8, 4) is 5.75 Å². The summed E-state index contributed by atoms with van der Waals surface area (Å²) in [5.74, 6) is -0.902. The summed E-state index contributed by atoms with van der Waals surface area (Å²) in [5, 5.41) is 2.66. The maximum absolute atomic E-state index is 13.5. The van der Waals surface area contributed by atoms with Gasteiger partial charge < -0.3 is 20.5 Å². The van der Waals surface area contributed by atoms with Gasteiger partial charge in [-0.2, -0.15) is 0 Å². The van der Waals surface area contributed by atoms with Crippen LogP contribution in [-0.4, -0.2) is 32.3 Å². The number of halogens is 1. The summed E-state index contributed by atoms with van der Waals surface area (Å²) in [6, 6.07) is 2.52. The number of nitrogen functional groups attached to an aromatic ring is 1. The molecule has 0 heterocycles. The summed E-state index contributed by atoms with van der Waals surface area (Å²) in [4.78, 5) is 11.5. The normalized spacial score (nSPS) is 12.0. The summed E-state index contributed by atoms with van der Waals surface area (Å²) in [5.41, 5.74) is 6.60. The number of nitrogens with one attached hydrogen (secondary N) is 1. The lowest BCUT2D eigenvalue weighted by Gasteiger charge is -2.14. The zero-order valence-corrected chi connectivity index (χ0v) is 11.3. The van der Waals surface area contributed by atoms with Crippen molar-refractivity contribution in [1.29, 1.82) is 0 Å². The predicted octanol–water partition coefficient (Wildman–Crippen LogP) is 1.25. The second-order valence-electron chi connectivity index (χ2n) is 4.35. The van der Waals surface area contributed by atoms with Crippen molar-refractivity contribution in [2.24, 2.45) is 0 Å². The van der Waals surface area contributed by atoms with E-state index in [1.807, 2.05) is 0 Å². The Bertz CT molecular complexity index is 452. The van der Waals surface area contributed by atoms with Crippen molar-refractivity contribution in [2.45, 2.75) is 19.9 Å². The number of ether oxygens (including phenoxy) is 2. The molecule has 0 aliphatic heterocycles. The van der Waals surface area contributed by atoms with Crippen LogP contribution in [0.3, 0.4) is 0 Å². The Labute approximate surface area is 111 Å². The molecule has 0 fully saturated rings. The van der Waals surface area contributed by atoms with Crippen LogP contribution in [-0.2, 0) is 9.53 Å². The summed E-state index contributed by atoms with van der Waals surface area (Å²) >= 11 is 0. The zero-order chi connectivity index (χ0) is 14.4. The fourth-order valence-electron chi connectivity index (χ4n) is 1.53. The number of carbonyl (C=O) groups excluding carboxylic acids is 1. The number of benzene rings is 1. The molecule has 0 aliphatic rings. The van der Waals surface area contributed by atoms with E-state index in [9.17, 15) is 9.18 Å². The van der Waals surface area contributed by atoms with Gasteiger partial charge in [0.05, 0.1) is 6.61 Å². The third kappa shape index (κ3) is 4.75. The first kappa shape index (κ1) is 15.2. The fourth-order valence-corrected chi connectivity index (χ4v) is 1.53. The number of nitrogens with two attached hydrogens (primary N) is 1. The summed E-state index contributed by atoms with van der Waals surface area (Å²) < 4.78 is 23.5. The minimum absolute atomic E-state index is 0.0150. The van der Waals surface area contributed by atoms with Gasteiger partial charge in [0.2, 0.25) is 0 Å². The predicted molar refractivity (Wildman–Crippen MR) is 70.5 cm³/mol. The van der Waals surface area contributed by atoms with Crippen LogP contribution in [0.5, 0.6) is 5.75 Å². The van der Waals surface area contributed by atoms with Crippen molar-refractivity contribution in [2.75, 3.05) is 26.1 Å². The summed E-state index contributed by atoms with van der Waals surface area (Å²) in [6.07, 6.45) is 0. The molecule has 0 bridgehead atoms.